The predicted molar refractivity (Wildman–Crippen MR) is 53.2 cm³/mol. The van der Waals surface area contributed by atoms with E-state index in [4.69, 9.17) is 0 Å². The molecule has 2 aliphatic heterocycles. The van der Waals surface area contributed by atoms with Gasteiger partial charge in [-0.25, -0.2) is 0 Å². The summed E-state index contributed by atoms with van der Waals surface area (Å²) in [5, 5.41) is 38.4. The summed E-state index contributed by atoms with van der Waals surface area (Å²) in [4.78, 5) is 1.85. The molecule has 0 saturated carbocycles. The van der Waals surface area contributed by atoms with E-state index in [2.05, 4.69) is 0 Å². The molecule has 0 aromatic heterocycles. The van der Waals surface area contributed by atoms with Crippen molar-refractivity contribution in [2.75, 3.05) is 13.2 Å². The summed E-state index contributed by atoms with van der Waals surface area (Å²) in [5.74, 6) is 0. The quantitative estimate of drug-likeness (QED) is 0.421. The number of hydrogen-bond donors (Lipinski definition) is 4. The molecular weight excluding hydrogens is 198 g/mol. The second-order valence-corrected chi connectivity index (χ2v) is 4.63. The van der Waals surface area contributed by atoms with Crippen LogP contribution >= 0.6 is 0 Å². The van der Waals surface area contributed by atoms with Gasteiger partial charge in [0.25, 0.3) is 0 Å². The SMILES string of the molecule is OCC1CCC(O)[C@@H]2C(O)CC(O)CN12. The van der Waals surface area contributed by atoms with Gasteiger partial charge in [-0.3, -0.25) is 4.90 Å². The molecule has 0 spiro atoms. The number of aliphatic hydroxyl groups excluding tert-OH is 4. The van der Waals surface area contributed by atoms with Crippen molar-refractivity contribution in [1.29, 1.82) is 0 Å². The van der Waals surface area contributed by atoms with Gasteiger partial charge in [0.2, 0.25) is 0 Å². The molecule has 0 aromatic carbocycles. The minimum atomic E-state index is -0.696. The number of aliphatic hydroxyl groups is 4. The largest absolute Gasteiger partial charge is 0.395 e. The average Bonchev–Trinajstić information content (AvgIpc) is 2.17. The zero-order valence-electron chi connectivity index (χ0n) is 8.66. The van der Waals surface area contributed by atoms with Gasteiger partial charge in [-0.1, -0.05) is 0 Å². The smallest absolute Gasteiger partial charge is 0.0745 e. The van der Waals surface area contributed by atoms with E-state index in [1.165, 1.54) is 0 Å². The van der Waals surface area contributed by atoms with Crippen molar-refractivity contribution >= 4 is 0 Å². The Bertz CT molecular complexity index is 225. The van der Waals surface area contributed by atoms with E-state index in [9.17, 15) is 20.4 Å². The monoisotopic (exact) mass is 217 g/mol. The van der Waals surface area contributed by atoms with Gasteiger partial charge in [0.15, 0.2) is 0 Å². The normalized spacial score (nSPS) is 47.6. The molecular formula is C10H19NO4. The summed E-state index contributed by atoms with van der Waals surface area (Å²) in [6.45, 7) is 0.451. The summed E-state index contributed by atoms with van der Waals surface area (Å²) in [7, 11) is 0. The fourth-order valence-corrected chi connectivity index (χ4v) is 2.84. The third-order valence-corrected chi connectivity index (χ3v) is 3.58. The Balaban J connectivity index is 2.15. The molecule has 2 saturated heterocycles. The fourth-order valence-electron chi connectivity index (χ4n) is 2.84. The van der Waals surface area contributed by atoms with E-state index in [0.717, 1.165) is 0 Å². The van der Waals surface area contributed by atoms with Crippen molar-refractivity contribution in [3.8, 4) is 0 Å². The van der Waals surface area contributed by atoms with Crippen LogP contribution in [0.1, 0.15) is 19.3 Å². The zero-order chi connectivity index (χ0) is 11.0. The van der Waals surface area contributed by atoms with Crippen LogP contribution in [-0.4, -0.2) is 68.9 Å². The minimum absolute atomic E-state index is 0.0165. The van der Waals surface area contributed by atoms with E-state index in [1.54, 1.807) is 0 Å². The van der Waals surface area contributed by atoms with E-state index >= 15 is 0 Å². The molecule has 5 nitrogen and oxygen atoms in total. The number of fused-ring (bicyclic) bond motifs is 1. The molecule has 0 aromatic rings. The van der Waals surface area contributed by atoms with Gasteiger partial charge in [0.05, 0.1) is 31.0 Å². The molecule has 2 fully saturated rings. The summed E-state index contributed by atoms with van der Waals surface area (Å²) in [5.41, 5.74) is 0. The highest BCUT2D eigenvalue weighted by Gasteiger charge is 2.44. The first kappa shape index (κ1) is 11.3. The zero-order valence-corrected chi connectivity index (χ0v) is 8.66. The molecule has 2 rings (SSSR count). The molecule has 5 heteroatoms. The van der Waals surface area contributed by atoms with E-state index in [1.807, 2.05) is 4.90 Å². The van der Waals surface area contributed by atoms with Crippen LogP contribution in [0.4, 0.5) is 0 Å². The first-order valence-corrected chi connectivity index (χ1v) is 5.54. The third kappa shape index (κ3) is 2.03. The Morgan fingerprint density at radius 2 is 1.80 bits per heavy atom. The summed E-state index contributed by atoms with van der Waals surface area (Å²) in [6, 6.07) is -0.359. The molecule has 0 bridgehead atoms. The molecule has 88 valence electrons. The lowest BCUT2D eigenvalue weighted by atomic mass is 9.84. The van der Waals surface area contributed by atoms with Gasteiger partial charge in [0, 0.05) is 19.0 Å². The van der Waals surface area contributed by atoms with Crippen LogP contribution in [0.15, 0.2) is 0 Å². The second kappa shape index (κ2) is 4.35. The Morgan fingerprint density at radius 1 is 1.07 bits per heavy atom. The number of nitrogens with zero attached hydrogens (tertiary/aromatic N) is 1. The maximum atomic E-state index is 9.82. The van der Waals surface area contributed by atoms with Gasteiger partial charge in [-0.2, -0.15) is 0 Å². The van der Waals surface area contributed by atoms with Gasteiger partial charge in [-0.15, -0.1) is 0 Å². The first-order chi connectivity index (χ1) is 7.13. The average molecular weight is 217 g/mol. The standard InChI is InChI=1S/C10H19NO4/c12-5-6-1-2-8(14)10-9(15)3-7(13)4-11(6)10/h6-10,12-15H,1-5H2/t6?,7?,8?,9?,10-/m1/s1. The number of hydrogen-bond acceptors (Lipinski definition) is 5. The van der Waals surface area contributed by atoms with E-state index in [-0.39, 0.29) is 18.7 Å². The highest BCUT2D eigenvalue weighted by molar-refractivity contribution is 4.98. The Kier molecular flexibility index (Phi) is 3.27. The molecule has 0 radical (unpaired) electrons. The van der Waals surface area contributed by atoms with Gasteiger partial charge in [0.1, 0.15) is 0 Å². The minimum Gasteiger partial charge on any atom is -0.395 e. The number of rotatable bonds is 1. The molecule has 0 aliphatic carbocycles. The van der Waals surface area contributed by atoms with E-state index in [0.29, 0.717) is 25.8 Å². The van der Waals surface area contributed by atoms with Crippen molar-refractivity contribution in [1.82, 2.24) is 4.90 Å². The van der Waals surface area contributed by atoms with Crippen LogP contribution in [0.25, 0.3) is 0 Å². The molecule has 2 heterocycles. The Labute approximate surface area is 88.9 Å². The summed E-state index contributed by atoms with van der Waals surface area (Å²) in [6.07, 6.45) is -0.159. The van der Waals surface area contributed by atoms with Crippen molar-refractivity contribution in [3.05, 3.63) is 0 Å². The van der Waals surface area contributed by atoms with Crippen molar-refractivity contribution < 1.29 is 20.4 Å². The molecule has 15 heavy (non-hydrogen) atoms. The van der Waals surface area contributed by atoms with Crippen LogP contribution in [0.2, 0.25) is 0 Å². The fraction of sp³-hybridized carbons (Fsp3) is 1.00. The van der Waals surface area contributed by atoms with Crippen LogP contribution in [0.3, 0.4) is 0 Å². The van der Waals surface area contributed by atoms with Crippen LogP contribution in [0.5, 0.6) is 0 Å². The highest BCUT2D eigenvalue weighted by Crippen LogP contribution is 2.30. The molecule has 0 amide bonds. The van der Waals surface area contributed by atoms with Crippen molar-refractivity contribution in [2.24, 2.45) is 0 Å². The Morgan fingerprint density at radius 3 is 2.47 bits per heavy atom. The van der Waals surface area contributed by atoms with Gasteiger partial charge in [-0.05, 0) is 12.8 Å². The lowest BCUT2D eigenvalue weighted by Crippen LogP contribution is -2.64. The van der Waals surface area contributed by atoms with Crippen LogP contribution in [-0.2, 0) is 0 Å². The van der Waals surface area contributed by atoms with Crippen molar-refractivity contribution in [2.45, 2.75) is 49.7 Å². The molecule has 2 aliphatic rings. The third-order valence-electron chi connectivity index (χ3n) is 3.58. The Hall–Kier alpha value is -0.200. The predicted octanol–water partition coefficient (Wildman–Crippen LogP) is -1.70. The lowest BCUT2D eigenvalue weighted by Gasteiger charge is -2.50. The molecule has 5 atom stereocenters. The second-order valence-electron chi connectivity index (χ2n) is 4.63. The lowest BCUT2D eigenvalue weighted by molar-refractivity contribution is -0.134. The van der Waals surface area contributed by atoms with Crippen LogP contribution in [0, 0.1) is 0 Å². The van der Waals surface area contributed by atoms with Gasteiger partial charge < -0.3 is 20.4 Å². The topological polar surface area (TPSA) is 84.2 Å². The first-order valence-electron chi connectivity index (χ1n) is 5.54. The molecule has 4 unspecified atom stereocenters. The number of piperidine rings is 2. The van der Waals surface area contributed by atoms with E-state index < -0.39 is 18.3 Å². The van der Waals surface area contributed by atoms with Crippen molar-refractivity contribution in [3.63, 3.8) is 0 Å². The molecule has 4 N–H and O–H groups in total. The maximum Gasteiger partial charge on any atom is 0.0745 e. The van der Waals surface area contributed by atoms with Gasteiger partial charge >= 0.3 is 0 Å². The van der Waals surface area contributed by atoms with Crippen LogP contribution < -0.4 is 0 Å². The highest BCUT2D eigenvalue weighted by atomic mass is 16.3. The summed E-state index contributed by atoms with van der Waals surface area (Å²) >= 11 is 0. The maximum absolute atomic E-state index is 9.82. The summed E-state index contributed by atoms with van der Waals surface area (Å²) < 4.78 is 0.